The molecule has 1 N–H and O–H groups in total. The molecule has 0 heterocycles. The van der Waals surface area contributed by atoms with Gasteiger partial charge in [-0.2, -0.15) is 0 Å². The van der Waals surface area contributed by atoms with E-state index in [1.807, 2.05) is 32.2 Å². The van der Waals surface area contributed by atoms with E-state index in [9.17, 15) is 14.4 Å². The lowest BCUT2D eigenvalue weighted by Crippen LogP contribution is -2.31. The first-order chi connectivity index (χ1) is 9.58. The molecule has 1 aromatic carbocycles. The summed E-state index contributed by atoms with van der Waals surface area (Å²) in [5, 5.41) is 2.12. The van der Waals surface area contributed by atoms with Crippen LogP contribution in [0.5, 0.6) is 0 Å². The van der Waals surface area contributed by atoms with E-state index in [1.165, 1.54) is 0 Å². The zero-order valence-corrected chi connectivity index (χ0v) is 11.8. The number of aldehydes is 1. The van der Waals surface area contributed by atoms with Gasteiger partial charge in [-0.05, 0) is 26.0 Å². The monoisotopic (exact) mass is 276 g/mol. The Kier molecular flexibility index (Phi) is 6.59. The van der Waals surface area contributed by atoms with Gasteiger partial charge >= 0.3 is 0 Å². The smallest absolute Gasteiger partial charge is 0.226 e. The van der Waals surface area contributed by atoms with Gasteiger partial charge in [-0.3, -0.25) is 24.6 Å². The maximum atomic E-state index is 11.2. The van der Waals surface area contributed by atoms with Crippen LogP contribution in [0, 0.1) is 0 Å². The van der Waals surface area contributed by atoms with Crippen LogP contribution in [0.25, 0.3) is 0 Å². The van der Waals surface area contributed by atoms with Crippen molar-refractivity contribution in [1.29, 1.82) is 0 Å². The number of carbonyl (C=O) groups excluding carboxylic acids is 3. The van der Waals surface area contributed by atoms with Crippen molar-refractivity contribution < 1.29 is 14.4 Å². The Balaban J connectivity index is 2.52. The highest BCUT2D eigenvalue weighted by atomic mass is 16.2. The summed E-state index contributed by atoms with van der Waals surface area (Å²) in [5.41, 5.74) is 1.65. The van der Waals surface area contributed by atoms with E-state index >= 15 is 0 Å². The summed E-state index contributed by atoms with van der Waals surface area (Å²) >= 11 is 0. The zero-order valence-electron chi connectivity index (χ0n) is 11.8. The number of nitrogens with one attached hydrogen (secondary N) is 1. The van der Waals surface area contributed by atoms with Crippen LogP contribution in [0.1, 0.15) is 35.7 Å². The predicted octanol–water partition coefficient (Wildman–Crippen LogP) is 1.37. The number of carbonyl (C=O) groups is 3. The molecule has 0 aliphatic carbocycles. The number of hydrogen-bond acceptors (Lipinski definition) is 4. The lowest BCUT2D eigenvalue weighted by atomic mass is 10.1. The first-order valence-electron chi connectivity index (χ1n) is 6.54. The van der Waals surface area contributed by atoms with Gasteiger partial charge in [-0.1, -0.05) is 24.3 Å². The highest BCUT2D eigenvalue weighted by Crippen LogP contribution is 2.13. The molecular formula is C15H20N2O3. The van der Waals surface area contributed by atoms with Crippen molar-refractivity contribution in [1.82, 2.24) is 10.2 Å². The van der Waals surface area contributed by atoms with Gasteiger partial charge in [-0.25, -0.2) is 0 Å². The minimum atomic E-state index is -0.270. The number of benzene rings is 1. The van der Waals surface area contributed by atoms with Gasteiger partial charge in [0.2, 0.25) is 12.3 Å². The number of rotatable bonds is 8. The molecule has 1 atom stereocenters. The van der Waals surface area contributed by atoms with Gasteiger partial charge < -0.3 is 0 Å². The standard InChI is InChI=1S/C15H20N2O3/c1-12(7-8-15(20)16-11-19)17(2)9-13-5-3-4-6-14(13)10-18/h3-6,10-12H,7-9H2,1-2H3,(H,16,19,20). The molecule has 1 unspecified atom stereocenters. The van der Waals surface area contributed by atoms with E-state index < -0.39 is 0 Å². The molecule has 0 aromatic heterocycles. The fraction of sp³-hybridized carbons (Fsp3) is 0.400. The summed E-state index contributed by atoms with van der Waals surface area (Å²) < 4.78 is 0. The minimum absolute atomic E-state index is 0.173. The summed E-state index contributed by atoms with van der Waals surface area (Å²) in [6.07, 6.45) is 2.21. The first-order valence-corrected chi connectivity index (χ1v) is 6.54. The van der Waals surface area contributed by atoms with Crippen molar-refractivity contribution in [2.75, 3.05) is 7.05 Å². The average molecular weight is 276 g/mol. The number of hydrogen-bond donors (Lipinski definition) is 1. The van der Waals surface area contributed by atoms with Gasteiger partial charge in [0.15, 0.2) is 0 Å². The van der Waals surface area contributed by atoms with Crippen LogP contribution in [0.3, 0.4) is 0 Å². The van der Waals surface area contributed by atoms with Crippen LogP contribution in [-0.4, -0.2) is 36.6 Å². The van der Waals surface area contributed by atoms with Crippen molar-refractivity contribution in [3.8, 4) is 0 Å². The van der Waals surface area contributed by atoms with Crippen LogP contribution in [0.15, 0.2) is 24.3 Å². The molecule has 0 fully saturated rings. The largest absolute Gasteiger partial charge is 0.299 e. The van der Waals surface area contributed by atoms with E-state index in [2.05, 4.69) is 10.2 Å². The highest BCUT2D eigenvalue weighted by Gasteiger charge is 2.13. The van der Waals surface area contributed by atoms with Crippen molar-refractivity contribution in [3.63, 3.8) is 0 Å². The molecule has 108 valence electrons. The third kappa shape index (κ3) is 4.93. The van der Waals surface area contributed by atoms with Crippen LogP contribution in [-0.2, 0) is 16.1 Å². The summed E-state index contributed by atoms with van der Waals surface area (Å²) in [6, 6.07) is 7.62. The van der Waals surface area contributed by atoms with Crippen LogP contribution >= 0.6 is 0 Å². The summed E-state index contributed by atoms with van der Waals surface area (Å²) in [4.78, 5) is 34.4. The van der Waals surface area contributed by atoms with Crippen LogP contribution < -0.4 is 5.32 Å². The van der Waals surface area contributed by atoms with Crippen LogP contribution in [0.4, 0.5) is 0 Å². The van der Waals surface area contributed by atoms with Crippen molar-refractivity contribution >= 4 is 18.6 Å². The lowest BCUT2D eigenvalue weighted by molar-refractivity contribution is -0.125. The Bertz CT molecular complexity index is 474. The van der Waals surface area contributed by atoms with E-state index in [4.69, 9.17) is 0 Å². The second-order valence-corrected chi connectivity index (χ2v) is 4.80. The molecule has 5 nitrogen and oxygen atoms in total. The Morgan fingerprint density at radius 3 is 2.70 bits per heavy atom. The molecular weight excluding hydrogens is 256 g/mol. The van der Waals surface area contributed by atoms with E-state index in [1.54, 1.807) is 6.07 Å². The molecule has 0 saturated heterocycles. The second kappa shape index (κ2) is 8.22. The van der Waals surface area contributed by atoms with E-state index in [0.717, 1.165) is 11.8 Å². The molecule has 0 spiro atoms. The van der Waals surface area contributed by atoms with Gasteiger partial charge in [0, 0.05) is 24.6 Å². The molecule has 0 bridgehead atoms. The molecule has 0 radical (unpaired) electrons. The first kappa shape index (κ1) is 16.0. The maximum absolute atomic E-state index is 11.2. The zero-order chi connectivity index (χ0) is 15.0. The SMILES string of the molecule is CC(CCC(=O)NC=O)N(C)Cc1ccccc1C=O. The molecule has 0 aliphatic rings. The molecule has 1 aromatic rings. The Hall–Kier alpha value is -2.01. The van der Waals surface area contributed by atoms with Crippen molar-refractivity contribution in [2.45, 2.75) is 32.4 Å². The average Bonchev–Trinajstić information content (AvgIpc) is 2.45. The maximum Gasteiger partial charge on any atom is 0.226 e. The lowest BCUT2D eigenvalue weighted by Gasteiger charge is -2.25. The second-order valence-electron chi connectivity index (χ2n) is 4.80. The highest BCUT2D eigenvalue weighted by molar-refractivity contribution is 5.85. The summed E-state index contributed by atoms with van der Waals surface area (Å²) in [6.45, 7) is 2.66. The van der Waals surface area contributed by atoms with Gasteiger partial charge in [0.05, 0.1) is 0 Å². The minimum Gasteiger partial charge on any atom is -0.299 e. The van der Waals surface area contributed by atoms with E-state index in [-0.39, 0.29) is 11.9 Å². The molecule has 5 heteroatoms. The van der Waals surface area contributed by atoms with E-state index in [0.29, 0.717) is 31.4 Å². The molecule has 0 aliphatic heterocycles. The van der Waals surface area contributed by atoms with Crippen molar-refractivity contribution in [2.24, 2.45) is 0 Å². The van der Waals surface area contributed by atoms with Gasteiger partial charge in [0.1, 0.15) is 6.29 Å². The third-order valence-electron chi connectivity index (χ3n) is 3.36. The molecule has 20 heavy (non-hydrogen) atoms. The Morgan fingerprint density at radius 2 is 2.05 bits per heavy atom. The molecule has 0 saturated carbocycles. The molecule has 2 amide bonds. The Labute approximate surface area is 119 Å². The fourth-order valence-electron chi connectivity index (χ4n) is 1.92. The Morgan fingerprint density at radius 1 is 1.35 bits per heavy atom. The predicted molar refractivity (Wildman–Crippen MR) is 76.2 cm³/mol. The topological polar surface area (TPSA) is 66.5 Å². The van der Waals surface area contributed by atoms with Gasteiger partial charge in [0.25, 0.3) is 0 Å². The van der Waals surface area contributed by atoms with Crippen molar-refractivity contribution in [3.05, 3.63) is 35.4 Å². The number of amides is 2. The molecule has 1 rings (SSSR count). The quantitative estimate of drug-likeness (QED) is 0.728. The van der Waals surface area contributed by atoms with Gasteiger partial charge in [-0.15, -0.1) is 0 Å². The number of nitrogens with zero attached hydrogens (tertiary/aromatic N) is 1. The fourth-order valence-corrected chi connectivity index (χ4v) is 1.92. The number of imide groups is 1. The third-order valence-corrected chi connectivity index (χ3v) is 3.36. The summed E-state index contributed by atoms with van der Waals surface area (Å²) in [7, 11) is 1.95. The normalized spacial score (nSPS) is 11.9. The summed E-state index contributed by atoms with van der Waals surface area (Å²) in [5.74, 6) is -0.270. The van der Waals surface area contributed by atoms with Crippen LogP contribution in [0.2, 0.25) is 0 Å².